The zero-order valence-electron chi connectivity index (χ0n) is 14.7. The fourth-order valence-corrected chi connectivity index (χ4v) is 6.07. The van der Waals surface area contributed by atoms with Crippen molar-refractivity contribution in [2.45, 2.75) is 57.9 Å². The van der Waals surface area contributed by atoms with E-state index in [1.165, 1.54) is 32.1 Å². The number of rotatable bonds is 3. The predicted molar refractivity (Wildman–Crippen MR) is 90.3 cm³/mol. The van der Waals surface area contributed by atoms with Crippen molar-refractivity contribution in [2.24, 2.45) is 29.6 Å². The van der Waals surface area contributed by atoms with E-state index in [1.807, 2.05) is 6.92 Å². The number of fused-ring (bicyclic) bond motifs is 5. The number of carbonyl (C=O) groups is 2. The number of piperidine rings is 1. The smallest absolute Gasteiger partial charge is 0.409 e. The molecular weight excluding hydrogens is 304 g/mol. The maximum atomic E-state index is 12.7. The first-order valence-electron chi connectivity index (χ1n) is 9.89. The Kier molecular flexibility index (Phi) is 4.44. The highest BCUT2D eigenvalue weighted by molar-refractivity contribution is 5.79. The Bertz CT molecular complexity index is 501. The number of nitrogens with one attached hydrogen (secondary N) is 1. The second-order valence-electron chi connectivity index (χ2n) is 8.23. The van der Waals surface area contributed by atoms with Gasteiger partial charge in [-0.15, -0.1) is 0 Å². The number of likely N-dealkylation sites (tertiary alicyclic amines) is 1. The Hall–Kier alpha value is -1.26. The minimum Gasteiger partial charge on any atom is -0.450 e. The zero-order chi connectivity index (χ0) is 16.7. The zero-order valence-corrected chi connectivity index (χ0v) is 14.7. The lowest BCUT2D eigenvalue weighted by atomic mass is 9.79. The molecule has 5 nitrogen and oxygen atoms in total. The molecule has 0 spiro atoms. The Morgan fingerprint density at radius 1 is 1.04 bits per heavy atom. The molecule has 3 saturated carbocycles. The quantitative estimate of drug-likeness (QED) is 0.863. The standard InChI is InChI=1S/C19H30N2O3/c1-2-24-19(23)21-8-6-12(7-9-21)18(22)20-17-11-13-10-16(17)15-5-3-4-14(13)15/h12-17H,2-11H2,1H3,(H,20,22)/t13-,14+,15+,16+,17-/m1/s1. The van der Waals surface area contributed by atoms with Crippen LogP contribution in [-0.4, -0.2) is 42.6 Å². The van der Waals surface area contributed by atoms with Crippen molar-refractivity contribution in [3.63, 3.8) is 0 Å². The van der Waals surface area contributed by atoms with Crippen LogP contribution in [0.4, 0.5) is 4.79 Å². The van der Waals surface area contributed by atoms with Crippen molar-refractivity contribution in [3.05, 3.63) is 0 Å². The lowest BCUT2D eigenvalue weighted by Crippen LogP contribution is -2.48. The van der Waals surface area contributed by atoms with Gasteiger partial charge in [-0.2, -0.15) is 0 Å². The average molecular weight is 334 g/mol. The third-order valence-corrected chi connectivity index (χ3v) is 7.15. The van der Waals surface area contributed by atoms with Gasteiger partial charge in [0.1, 0.15) is 0 Å². The van der Waals surface area contributed by atoms with E-state index in [0.29, 0.717) is 25.7 Å². The Labute approximate surface area is 144 Å². The summed E-state index contributed by atoms with van der Waals surface area (Å²) in [4.78, 5) is 26.2. The summed E-state index contributed by atoms with van der Waals surface area (Å²) in [5.41, 5.74) is 0. The van der Waals surface area contributed by atoms with Gasteiger partial charge in [0.05, 0.1) is 6.61 Å². The molecule has 5 atom stereocenters. The van der Waals surface area contributed by atoms with E-state index in [-0.39, 0.29) is 17.9 Å². The van der Waals surface area contributed by atoms with Crippen LogP contribution in [0.1, 0.15) is 51.9 Å². The molecule has 134 valence electrons. The van der Waals surface area contributed by atoms with Crippen LogP contribution in [0.15, 0.2) is 0 Å². The second kappa shape index (κ2) is 6.57. The molecule has 1 saturated heterocycles. The lowest BCUT2D eigenvalue weighted by molar-refractivity contribution is -0.127. The van der Waals surface area contributed by atoms with Crippen molar-refractivity contribution in [1.82, 2.24) is 10.2 Å². The Balaban J connectivity index is 1.27. The summed E-state index contributed by atoms with van der Waals surface area (Å²) in [6.45, 7) is 3.50. The lowest BCUT2D eigenvalue weighted by Gasteiger charge is -2.35. The predicted octanol–water partition coefficient (Wildman–Crippen LogP) is 2.80. The summed E-state index contributed by atoms with van der Waals surface area (Å²) < 4.78 is 5.04. The normalized spacial score (nSPS) is 38.2. The first-order valence-corrected chi connectivity index (χ1v) is 9.89. The highest BCUT2D eigenvalue weighted by atomic mass is 16.6. The minimum atomic E-state index is -0.239. The number of hydrogen-bond donors (Lipinski definition) is 1. The third-order valence-electron chi connectivity index (χ3n) is 7.15. The molecule has 2 bridgehead atoms. The monoisotopic (exact) mass is 334 g/mol. The molecule has 4 rings (SSSR count). The Morgan fingerprint density at radius 2 is 1.79 bits per heavy atom. The van der Waals surface area contributed by atoms with Crippen LogP contribution in [-0.2, 0) is 9.53 Å². The average Bonchev–Trinajstić information content (AvgIpc) is 3.28. The first kappa shape index (κ1) is 16.2. The van der Waals surface area contributed by atoms with Crippen LogP contribution in [0.25, 0.3) is 0 Å². The fraction of sp³-hybridized carbons (Fsp3) is 0.895. The summed E-state index contributed by atoms with van der Waals surface area (Å²) >= 11 is 0. The topological polar surface area (TPSA) is 58.6 Å². The van der Waals surface area contributed by atoms with E-state index in [1.54, 1.807) is 4.90 Å². The van der Waals surface area contributed by atoms with Gasteiger partial charge in [0.15, 0.2) is 0 Å². The van der Waals surface area contributed by atoms with Gasteiger partial charge >= 0.3 is 6.09 Å². The number of carbonyl (C=O) groups excluding carboxylic acids is 2. The molecular formula is C19H30N2O3. The number of nitrogens with zero attached hydrogens (tertiary/aromatic N) is 1. The van der Waals surface area contributed by atoms with Crippen LogP contribution in [0.2, 0.25) is 0 Å². The largest absolute Gasteiger partial charge is 0.450 e. The second-order valence-corrected chi connectivity index (χ2v) is 8.23. The molecule has 4 fully saturated rings. The molecule has 0 aromatic rings. The van der Waals surface area contributed by atoms with Gasteiger partial charge in [-0.3, -0.25) is 4.79 Å². The number of ether oxygens (including phenoxy) is 1. The van der Waals surface area contributed by atoms with E-state index in [2.05, 4.69) is 5.32 Å². The molecule has 24 heavy (non-hydrogen) atoms. The molecule has 0 radical (unpaired) electrons. The summed E-state index contributed by atoms with van der Waals surface area (Å²) in [6, 6.07) is 0.421. The van der Waals surface area contributed by atoms with Gasteiger partial charge in [-0.05, 0) is 69.1 Å². The SMILES string of the molecule is CCOC(=O)N1CCC(C(=O)N[C@@H]2C[C@H]3C[C@H]2[C@H]2CCC[C@@H]32)CC1. The van der Waals surface area contributed by atoms with Gasteiger partial charge in [-0.1, -0.05) is 6.42 Å². The number of hydrogen-bond acceptors (Lipinski definition) is 3. The molecule has 4 aliphatic rings. The van der Waals surface area contributed by atoms with Crippen molar-refractivity contribution in [2.75, 3.05) is 19.7 Å². The van der Waals surface area contributed by atoms with E-state index in [0.717, 1.165) is 36.5 Å². The van der Waals surface area contributed by atoms with Crippen LogP contribution >= 0.6 is 0 Å². The van der Waals surface area contributed by atoms with Crippen LogP contribution in [0, 0.1) is 29.6 Å². The van der Waals surface area contributed by atoms with E-state index in [4.69, 9.17) is 4.74 Å². The van der Waals surface area contributed by atoms with Crippen molar-refractivity contribution in [3.8, 4) is 0 Å². The third kappa shape index (κ3) is 2.80. The van der Waals surface area contributed by atoms with Gasteiger partial charge in [0.2, 0.25) is 5.91 Å². The Morgan fingerprint density at radius 3 is 2.54 bits per heavy atom. The highest BCUT2D eigenvalue weighted by Crippen LogP contribution is 2.58. The molecule has 0 aromatic heterocycles. The maximum Gasteiger partial charge on any atom is 0.409 e. The molecule has 1 N–H and O–H groups in total. The molecule has 5 heteroatoms. The molecule has 3 aliphatic carbocycles. The molecule has 0 aromatic carbocycles. The van der Waals surface area contributed by atoms with E-state index in [9.17, 15) is 9.59 Å². The van der Waals surface area contributed by atoms with E-state index < -0.39 is 0 Å². The molecule has 1 aliphatic heterocycles. The van der Waals surface area contributed by atoms with Gasteiger partial charge in [0, 0.05) is 25.0 Å². The molecule has 0 unspecified atom stereocenters. The summed E-state index contributed by atoms with van der Waals surface area (Å²) in [6.07, 6.45) is 8.05. The summed E-state index contributed by atoms with van der Waals surface area (Å²) in [5.74, 6) is 3.76. The van der Waals surface area contributed by atoms with Crippen LogP contribution in [0.3, 0.4) is 0 Å². The van der Waals surface area contributed by atoms with Gasteiger partial charge < -0.3 is 15.0 Å². The number of amides is 2. The summed E-state index contributed by atoms with van der Waals surface area (Å²) in [7, 11) is 0. The van der Waals surface area contributed by atoms with Crippen molar-refractivity contribution in [1.29, 1.82) is 0 Å². The summed E-state index contributed by atoms with van der Waals surface area (Å²) in [5, 5.41) is 3.39. The molecule has 2 amide bonds. The van der Waals surface area contributed by atoms with Gasteiger partial charge in [-0.25, -0.2) is 4.79 Å². The van der Waals surface area contributed by atoms with Crippen molar-refractivity contribution >= 4 is 12.0 Å². The van der Waals surface area contributed by atoms with Crippen LogP contribution in [0.5, 0.6) is 0 Å². The first-order chi connectivity index (χ1) is 11.7. The molecule has 1 heterocycles. The van der Waals surface area contributed by atoms with E-state index >= 15 is 0 Å². The minimum absolute atomic E-state index is 0.0641. The highest BCUT2D eigenvalue weighted by Gasteiger charge is 2.54. The maximum absolute atomic E-state index is 12.7. The van der Waals surface area contributed by atoms with Gasteiger partial charge in [0.25, 0.3) is 0 Å². The van der Waals surface area contributed by atoms with Crippen molar-refractivity contribution < 1.29 is 14.3 Å². The fourth-order valence-electron chi connectivity index (χ4n) is 6.07. The van der Waals surface area contributed by atoms with Crippen LogP contribution < -0.4 is 5.32 Å².